The number of nitriles is 1. The molecule has 2 aromatic rings. The molecule has 1 atom stereocenters. The summed E-state index contributed by atoms with van der Waals surface area (Å²) in [7, 11) is 0. The van der Waals surface area contributed by atoms with Gasteiger partial charge in [-0.05, 0) is 35.4 Å². The van der Waals surface area contributed by atoms with Gasteiger partial charge in [0.1, 0.15) is 9.67 Å². The third kappa shape index (κ3) is 3.14. The van der Waals surface area contributed by atoms with Crippen LogP contribution < -0.4 is 0 Å². The molecular weight excluding hydrogens is 410 g/mol. The van der Waals surface area contributed by atoms with E-state index < -0.39 is 15.1 Å². The SMILES string of the molecule is CC1(C)CC(C)(C#N)c2c1c(C(Cl)Cl)n(Cc1ccccc1)c2C(Cl)Cl. The molecule has 0 saturated carbocycles. The topological polar surface area (TPSA) is 28.7 Å². The van der Waals surface area contributed by atoms with Gasteiger partial charge >= 0.3 is 0 Å². The lowest BCUT2D eigenvalue weighted by Gasteiger charge is -2.26. The van der Waals surface area contributed by atoms with Gasteiger partial charge in [0.2, 0.25) is 0 Å². The number of hydrogen-bond donors (Lipinski definition) is 0. The molecule has 0 radical (unpaired) electrons. The first-order chi connectivity index (χ1) is 12.1. The highest BCUT2D eigenvalue weighted by atomic mass is 35.5. The Kier molecular flexibility index (Phi) is 5.32. The molecule has 3 rings (SSSR count). The quantitative estimate of drug-likeness (QED) is 0.483. The monoisotopic (exact) mass is 428 g/mol. The summed E-state index contributed by atoms with van der Waals surface area (Å²) in [5.41, 5.74) is 3.56. The van der Waals surface area contributed by atoms with E-state index in [1.807, 2.05) is 41.8 Å². The standard InChI is InChI=1S/C20H20Cl4N2/c1-19(2)10-20(3,11-25)14-13(19)15(17(21)22)26(16(14)18(23)24)9-12-7-5-4-6-8-12/h4-8,17-18H,9-10H2,1-3H3. The van der Waals surface area contributed by atoms with E-state index >= 15 is 0 Å². The minimum absolute atomic E-state index is 0.253. The van der Waals surface area contributed by atoms with E-state index in [2.05, 4.69) is 19.9 Å². The van der Waals surface area contributed by atoms with Crippen LogP contribution in [0, 0.1) is 11.3 Å². The Morgan fingerprint density at radius 2 is 1.54 bits per heavy atom. The van der Waals surface area contributed by atoms with Crippen molar-refractivity contribution in [3.63, 3.8) is 0 Å². The molecule has 0 N–H and O–H groups in total. The molecule has 2 nitrogen and oxygen atoms in total. The van der Waals surface area contributed by atoms with Gasteiger partial charge in [0.05, 0.1) is 22.9 Å². The van der Waals surface area contributed by atoms with Crippen molar-refractivity contribution in [2.24, 2.45) is 0 Å². The van der Waals surface area contributed by atoms with Crippen LogP contribution in [0.3, 0.4) is 0 Å². The number of aromatic nitrogens is 1. The first kappa shape index (κ1) is 19.9. The van der Waals surface area contributed by atoms with E-state index in [0.717, 1.165) is 28.1 Å². The van der Waals surface area contributed by atoms with Crippen LogP contribution in [0.5, 0.6) is 0 Å². The first-order valence-corrected chi connectivity index (χ1v) is 10.2. The minimum atomic E-state index is -0.783. The van der Waals surface area contributed by atoms with Gasteiger partial charge in [0.25, 0.3) is 0 Å². The maximum absolute atomic E-state index is 9.93. The van der Waals surface area contributed by atoms with E-state index in [9.17, 15) is 5.26 Å². The Bertz CT molecular complexity index is 862. The van der Waals surface area contributed by atoms with Crippen LogP contribution in [0.15, 0.2) is 30.3 Å². The highest BCUT2D eigenvalue weighted by Crippen LogP contribution is 2.57. The van der Waals surface area contributed by atoms with Gasteiger partial charge in [-0.15, -0.1) is 0 Å². The molecule has 1 aliphatic rings. The molecule has 0 aliphatic heterocycles. The Balaban J connectivity index is 2.35. The van der Waals surface area contributed by atoms with Gasteiger partial charge in [0.15, 0.2) is 0 Å². The highest BCUT2D eigenvalue weighted by Gasteiger charge is 2.51. The van der Waals surface area contributed by atoms with Gasteiger partial charge in [-0.2, -0.15) is 5.26 Å². The second-order valence-electron chi connectivity index (χ2n) is 7.70. The summed E-state index contributed by atoms with van der Waals surface area (Å²) in [5, 5.41) is 9.93. The molecule has 0 saturated heterocycles. The molecule has 0 spiro atoms. The van der Waals surface area contributed by atoms with Crippen molar-refractivity contribution < 1.29 is 0 Å². The molecule has 0 bridgehead atoms. The molecule has 1 heterocycles. The molecule has 1 unspecified atom stereocenters. The van der Waals surface area contributed by atoms with Crippen molar-refractivity contribution in [2.45, 2.75) is 54.2 Å². The summed E-state index contributed by atoms with van der Waals surface area (Å²) in [5.74, 6) is 0. The van der Waals surface area contributed by atoms with Crippen LogP contribution in [0.1, 0.15) is 64.9 Å². The largest absolute Gasteiger partial charge is 0.339 e. The second kappa shape index (κ2) is 6.95. The Hall–Kier alpha value is -0.850. The highest BCUT2D eigenvalue weighted by molar-refractivity contribution is 6.45. The van der Waals surface area contributed by atoms with Crippen molar-refractivity contribution in [2.75, 3.05) is 0 Å². The number of hydrogen-bond acceptors (Lipinski definition) is 1. The summed E-state index contributed by atoms with van der Waals surface area (Å²) >= 11 is 25.6. The molecule has 6 heteroatoms. The van der Waals surface area contributed by atoms with Crippen LogP contribution in [-0.4, -0.2) is 4.57 Å². The van der Waals surface area contributed by atoms with E-state index in [0.29, 0.717) is 13.0 Å². The lowest BCUT2D eigenvalue weighted by molar-refractivity contribution is 0.431. The maximum atomic E-state index is 9.93. The fourth-order valence-electron chi connectivity index (χ4n) is 4.45. The Labute approximate surface area is 174 Å². The summed E-state index contributed by atoms with van der Waals surface area (Å²) in [6.45, 7) is 6.71. The van der Waals surface area contributed by atoms with Gasteiger partial charge in [0, 0.05) is 6.54 Å². The van der Waals surface area contributed by atoms with E-state index in [-0.39, 0.29) is 5.41 Å². The lowest BCUT2D eigenvalue weighted by Crippen LogP contribution is -2.24. The van der Waals surface area contributed by atoms with Crippen molar-refractivity contribution in [1.29, 1.82) is 5.26 Å². The third-order valence-electron chi connectivity index (χ3n) is 5.21. The smallest absolute Gasteiger partial charge is 0.147 e. The fourth-order valence-corrected chi connectivity index (χ4v) is 5.35. The molecule has 1 aromatic carbocycles. The van der Waals surface area contributed by atoms with Gasteiger partial charge in [-0.25, -0.2) is 0 Å². The number of benzene rings is 1. The normalized spacial score (nSPS) is 21.2. The zero-order valence-corrected chi connectivity index (χ0v) is 17.9. The van der Waals surface area contributed by atoms with Gasteiger partial charge < -0.3 is 4.57 Å². The van der Waals surface area contributed by atoms with E-state index in [4.69, 9.17) is 46.4 Å². The molecule has 0 amide bonds. The predicted octanol–water partition coefficient (Wildman–Crippen LogP) is 6.95. The first-order valence-electron chi connectivity index (χ1n) is 8.41. The number of rotatable bonds is 4. The summed E-state index contributed by atoms with van der Waals surface area (Å²) in [4.78, 5) is -1.52. The van der Waals surface area contributed by atoms with Crippen molar-refractivity contribution >= 4 is 46.4 Å². The zero-order valence-electron chi connectivity index (χ0n) is 14.9. The Morgan fingerprint density at radius 3 is 2.04 bits per heavy atom. The van der Waals surface area contributed by atoms with Crippen molar-refractivity contribution in [3.05, 3.63) is 58.4 Å². The van der Waals surface area contributed by atoms with Crippen LogP contribution in [0.4, 0.5) is 0 Å². The summed E-state index contributed by atoms with van der Waals surface area (Å²) in [6.07, 6.45) is 0.675. The predicted molar refractivity (Wildman–Crippen MR) is 109 cm³/mol. The van der Waals surface area contributed by atoms with E-state index in [1.54, 1.807) is 0 Å². The number of nitrogens with zero attached hydrogens (tertiary/aromatic N) is 2. The molecule has 138 valence electrons. The average Bonchev–Trinajstić information content (AvgIpc) is 3.01. The molecular formula is C20H20Cl4N2. The van der Waals surface area contributed by atoms with Crippen LogP contribution in [0.25, 0.3) is 0 Å². The number of halogens is 4. The van der Waals surface area contributed by atoms with Crippen LogP contribution in [0.2, 0.25) is 0 Å². The Morgan fingerprint density at radius 1 is 1.00 bits per heavy atom. The molecule has 1 aromatic heterocycles. The molecule has 1 aliphatic carbocycles. The minimum Gasteiger partial charge on any atom is -0.339 e. The number of fused-ring (bicyclic) bond motifs is 1. The maximum Gasteiger partial charge on any atom is 0.147 e. The van der Waals surface area contributed by atoms with Crippen molar-refractivity contribution in [1.82, 2.24) is 4.57 Å². The van der Waals surface area contributed by atoms with E-state index in [1.165, 1.54) is 0 Å². The fraction of sp³-hybridized carbons (Fsp3) is 0.450. The lowest BCUT2D eigenvalue weighted by atomic mass is 9.80. The van der Waals surface area contributed by atoms with Gasteiger partial charge in [-0.3, -0.25) is 0 Å². The van der Waals surface area contributed by atoms with Crippen molar-refractivity contribution in [3.8, 4) is 6.07 Å². The summed E-state index contributed by atoms with van der Waals surface area (Å²) in [6, 6.07) is 12.5. The third-order valence-corrected chi connectivity index (χ3v) is 6.04. The summed E-state index contributed by atoms with van der Waals surface area (Å²) < 4.78 is 2.01. The zero-order chi connectivity index (χ0) is 19.3. The molecule has 26 heavy (non-hydrogen) atoms. The van der Waals surface area contributed by atoms with Crippen LogP contribution in [-0.2, 0) is 17.4 Å². The second-order valence-corrected chi connectivity index (χ2v) is 9.89. The van der Waals surface area contributed by atoms with Crippen LogP contribution >= 0.6 is 46.4 Å². The number of alkyl halides is 4. The van der Waals surface area contributed by atoms with Gasteiger partial charge in [-0.1, -0.05) is 90.6 Å². The molecule has 0 fully saturated rings. The average molecular weight is 430 g/mol.